The van der Waals surface area contributed by atoms with Gasteiger partial charge in [-0.15, -0.1) is 0 Å². The molecule has 6 nitrogen and oxygen atoms in total. The molecule has 0 N–H and O–H groups in total. The van der Waals surface area contributed by atoms with E-state index in [9.17, 15) is 14.4 Å². The number of hydrogen-bond donors (Lipinski definition) is 0. The maximum absolute atomic E-state index is 12.5. The van der Waals surface area contributed by atoms with Crippen LogP contribution in [0.1, 0.15) is 271 Å². The Bertz CT molecular complexity index is 798. The van der Waals surface area contributed by atoms with E-state index in [2.05, 4.69) is 20.8 Å². The Labute approximate surface area is 336 Å². The van der Waals surface area contributed by atoms with Crippen LogP contribution in [0.25, 0.3) is 0 Å². The van der Waals surface area contributed by atoms with Crippen molar-refractivity contribution in [1.82, 2.24) is 0 Å². The van der Waals surface area contributed by atoms with Gasteiger partial charge in [0.25, 0.3) is 0 Å². The van der Waals surface area contributed by atoms with Gasteiger partial charge in [-0.05, 0) is 19.3 Å². The van der Waals surface area contributed by atoms with Gasteiger partial charge in [0.15, 0.2) is 6.10 Å². The van der Waals surface area contributed by atoms with Gasteiger partial charge in [0, 0.05) is 19.3 Å². The van der Waals surface area contributed by atoms with E-state index in [-0.39, 0.29) is 31.1 Å². The lowest BCUT2D eigenvalue weighted by molar-refractivity contribution is -0.167. The predicted octanol–water partition coefficient (Wildman–Crippen LogP) is 15.3. The van der Waals surface area contributed by atoms with E-state index in [1.807, 2.05) is 0 Å². The zero-order valence-electron chi connectivity index (χ0n) is 36.5. The molecule has 0 amide bonds. The lowest BCUT2D eigenvalue weighted by atomic mass is 10.0. The minimum absolute atomic E-state index is 0.0640. The van der Waals surface area contributed by atoms with E-state index >= 15 is 0 Å². The van der Waals surface area contributed by atoms with Crippen LogP contribution in [0.2, 0.25) is 0 Å². The quantitative estimate of drug-likeness (QED) is 0.0349. The molecule has 0 aliphatic heterocycles. The fourth-order valence-electron chi connectivity index (χ4n) is 7.21. The number of hydrogen-bond acceptors (Lipinski definition) is 6. The third-order valence-electron chi connectivity index (χ3n) is 10.9. The molecule has 0 unspecified atom stereocenters. The Morgan fingerprint density at radius 2 is 0.500 bits per heavy atom. The number of ether oxygens (including phenoxy) is 3. The summed E-state index contributed by atoms with van der Waals surface area (Å²) in [6.45, 7) is 6.59. The summed E-state index contributed by atoms with van der Waals surface area (Å²) in [5, 5.41) is 0. The molecule has 0 saturated carbocycles. The molecule has 1 atom stereocenters. The summed E-state index contributed by atoms with van der Waals surface area (Å²) < 4.78 is 16.6. The first-order chi connectivity index (χ1) is 26.5. The standard InChI is InChI=1S/C48H92O6/c1-4-7-10-13-15-17-19-21-23-24-25-27-29-31-33-36-38-41-47(50)53-44-45(54-48(51)42-39-34-12-9-6-3)43-52-46(49)40-37-35-32-30-28-26-22-20-18-16-14-11-8-5-2/h45H,4-44H2,1-3H3/t45-/m1/s1. The number of carbonyl (C=O) groups excluding carboxylic acids is 3. The van der Waals surface area contributed by atoms with Crippen LogP contribution < -0.4 is 0 Å². The van der Waals surface area contributed by atoms with Gasteiger partial charge < -0.3 is 14.2 Å². The Kier molecular flexibility index (Phi) is 42.8. The van der Waals surface area contributed by atoms with Crippen LogP contribution in [-0.2, 0) is 28.6 Å². The summed E-state index contributed by atoms with van der Waals surface area (Å²) in [5.41, 5.74) is 0. The van der Waals surface area contributed by atoms with E-state index in [1.54, 1.807) is 0 Å². The second-order valence-electron chi connectivity index (χ2n) is 16.4. The summed E-state index contributed by atoms with van der Waals surface area (Å²) in [6, 6.07) is 0. The first-order valence-electron chi connectivity index (χ1n) is 24.0. The Morgan fingerprint density at radius 3 is 0.741 bits per heavy atom. The normalized spacial score (nSPS) is 11.8. The molecule has 0 aromatic rings. The fraction of sp³-hybridized carbons (Fsp3) is 0.938. The molecule has 0 saturated heterocycles. The highest BCUT2D eigenvalue weighted by atomic mass is 16.6. The van der Waals surface area contributed by atoms with Gasteiger partial charge in [0.2, 0.25) is 0 Å². The molecule has 0 spiro atoms. The molecule has 0 aromatic carbocycles. The van der Waals surface area contributed by atoms with Crippen molar-refractivity contribution >= 4 is 17.9 Å². The van der Waals surface area contributed by atoms with E-state index < -0.39 is 6.10 Å². The minimum Gasteiger partial charge on any atom is -0.462 e. The third kappa shape index (κ3) is 41.6. The number of carbonyl (C=O) groups is 3. The molecule has 320 valence electrons. The zero-order valence-corrected chi connectivity index (χ0v) is 36.5. The maximum atomic E-state index is 12.5. The van der Waals surface area contributed by atoms with Crippen LogP contribution in [0, 0.1) is 0 Å². The van der Waals surface area contributed by atoms with Crippen LogP contribution in [0.15, 0.2) is 0 Å². The molecule has 54 heavy (non-hydrogen) atoms. The second-order valence-corrected chi connectivity index (χ2v) is 16.4. The van der Waals surface area contributed by atoms with Gasteiger partial charge in [-0.2, -0.15) is 0 Å². The first-order valence-corrected chi connectivity index (χ1v) is 24.0. The van der Waals surface area contributed by atoms with Crippen molar-refractivity contribution in [1.29, 1.82) is 0 Å². The van der Waals surface area contributed by atoms with Crippen LogP contribution in [-0.4, -0.2) is 37.2 Å². The molecule has 0 bridgehead atoms. The van der Waals surface area contributed by atoms with E-state index in [4.69, 9.17) is 14.2 Å². The van der Waals surface area contributed by atoms with Crippen molar-refractivity contribution in [3.8, 4) is 0 Å². The van der Waals surface area contributed by atoms with Crippen molar-refractivity contribution in [3.63, 3.8) is 0 Å². The average Bonchev–Trinajstić information content (AvgIpc) is 3.17. The number of unbranched alkanes of at least 4 members (excludes halogenated alkanes) is 33. The molecule has 0 radical (unpaired) electrons. The molecular formula is C48H92O6. The Hall–Kier alpha value is -1.59. The molecule has 0 heterocycles. The largest absolute Gasteiger partial charge is 0.462 e. The number of rotatable bonds is 44. The predicted molar refractivity (Wildman–Crippen MR) is 229 cm³/mol. The Balaban J connectivity index is 4.08. The molecule has 0 aliphatic carbocycles. The van der Waals surface area contributed by atoms with Crippen LogP contribution >= 0.6 is 0 Å². The monoisotopic (exact) mass is 765 g/mol. The van der Waals surface area contributed by atoms with Gasteiger partial charge in [-0.1, -0.05) is 233 Å². The summed E-state index contributed by atoms with van der Waals surface area (Å²) in [6.07, 6.45) is 45.5. The number of esters is 3. The molecular weight excluding hydrogens is 673 g/mol. The van der Waals surface area contributed by atoms with Crippen molar-refractivity contribution < 1.29 is 28.6 Å². The minimum atomic E-state index is -0.757. The van der Waals surface area contributed by atoms with Crippen molar-refractivity contribution in [3.05, 3.63) is 0 Å². The highest BCUT2D eigenvalue weighted by Gasteiger charge is 2.19. The topological polar surface area (TPSA) is 78.9 Å². The lowest BCUT2D eigenvalue weighted by Gasteiger charge is -2.18. The summed E-state index contributed by atoms with van der Waals surface area (Å²) >= 11 is 0. The summed E-state index contributed by atoms with van der Waals surface area (Å²) in [5.74, 6) is -0.863. The molecule has 0 aliphatic rings. The second kappa shape index (κ2) is 44.1. The fourth-order valence-corrected chi connectivity index (χ4v) is 7.21. The SMILES string of the molecule is CCCCCCCCCCCCCCCCCCCC(=O)OC[C@@H](COC(=O)CCCCCCCCCCCCCCCC)OC(=O)CCCCCCC. The van der Waals surface area contributed by atoms with Gasteiger partial charge in [-0.3, -0.25) is 14.4 Å². The summed E-state index contributed by atoms with van der Waals surface area (Å²) in [4.78, 5) is 37.5. The van der Waals surface area contributed by atoms with Gasteiger partial charge >= 0.3 is 17.9 Å². The smallest absolute Gasteiger partial charge is 0.306 e. The summed E-state index contributed by atoms with van der Waals surface area (Å²) in [7, 11) is 0. The average molecular weight is 765 g/mol. The van der Waals surface area contributed by atoms with Gasteiger partial charge in [0.1, 0.15) is 13.2 Å². The lowest BCUT2D eigenvalue weighted by Crippen LogP contribution is -2.30. The molecule has 6 heteroatoms. The van der Waals surface area contributed by atoms with Crippen molar-refractivity contribution in [2.45, 2.75) is 277 Å². The first kappa shape index (κ1) is 52.4. The van der Waals surface area contributed by atoms with Crippen molar-refractivity contribution in [2.75, 3.05) is 13.2 Å². The van der Waals surface area contributed by atoms with E-state index in [0.717, 1.165) is 64.2 Å². The zero-order chi connectivity index (χ0) is 39.4. The van der Waals surface area contributed by atoms with Crippen LogP contribution in [0.5, 0.6) is 0 Å². The van der Waals surface area contributed by atoms with Crippen molar-refractivity contribution in [2.24, 2.45) is 0 Å². The Morgan fingerprint density at radius 1 is 0.296 bits per heavy atom. The van der Waals surface area contributed by atoms with Crippen LogP contribution in [0.4, 0.5) is 0 Å². The molecule has 0 rings (SSSR count). The highest BCUT2D eigenvalue weighted by Crippen LogP contribution is 2.16. The highest BCUT2D eigenvalue weighted by molar-refractivity contribution is 5.71. The van der Waals surface area contributed by atoms with E-state index in [1.165, 1.54) is 167 Å². The third-order valence-corrected chi connectivity index (χ3v) is 10.9. The maximum Gasteiger partial charge on any atom is 0.306 e. The molecule has 0 aromatic heterocycles. The molecule has 0 fully saturated rings. The van der Waals surface area contributed by atoms with E-state index in [0.29, 0.717) is 19.3 Å². The van der Waals surface area contributed by atoms with Gasteiger partial charge in [-0.25, -0.2) is 0 Å². The van der Waals surface area contributed by atoms with Crippen LogP contribution in [0.3, 0.4) is 0 Å². The van der Waals surface area contributed by atoms with Gasteiger partial charge in [0.05, 0.1) is 0 Å².